The smallest absolute Gasteiger partial charge is 0.225 e. The molecule has 1 fully saturated rings. The van der Waals surface area contributed by atoms with Crippen LogP contribution in [0.1, 0.15) is 33.1 Å². The maximum Gasteiger partial charge on any atom is 0.225 e. The second kappa shape index (κ2) is 5.85. The number of aromatic nitrogens is 1. The molecule has 0 bridgehead atoms. The molecule has 2 heterocycles. The van der Waals surface area contributed by atoms with E-state index in [2.05, 4.69) is 22.1 Å². The number of piperidine rings is 1. The van der Waals surface area contributed by atoms with Gasteiger partial charge < -0.3 is 10.2 Å². The third-order valence-corrected chi connectivity index (χ3v) is 3.36. The van der Waals surface area contributed by atoms with E-state index in [1.165, 1.54) is 12.8 Å². The number of pyridine rings is 1. The number of carbonyl (C=O) groups is 1. The van der Waals surface area contributed by atoms with Gasteiger partial charge in [-0.15, -0.1) is 0 Å². The predicted octanol–water partition coefficient (Wildman–Crippen LogP) is 2.67. The molecular formula is C14H21N3O. The first-order chi connectivity index (χ1) is 8.69. The molecular weight excluding hydrogens is 226 g/mol. The third kappa shape index (κ3) is 3.22. The molecule has 1 aromatic heterocycles. The van der Waals surface area contributed by atoms with Crippen LogP contribution in [-0.2, 0) is 4.79 Å². The molecule has 4 nitrogen and oxygen atoms in total. The lowest BCUT2D eigenvalue weighted by Gasteiger charge is -2.32. The number of amides is 1. The molecule has 1 aliphatic rings. The minimum Gasteiger partial charge on any atom is -0.370 e. The van der Waals surface area contributed by atoms with Gasteiger partial charge in [-0.25, -0.2) is 4.98 Å². The summed E-state index contributed by atoms with van der Waals surface area (Å²) >= 11 is 0. The van der Waals surface area contributed by atoms with Gasteiger partial charge in [-0.2, -0.15) is 0 Å². The van der Waals surface area contributed by atoms with Gasteiger partial charge in [-0.3, -0.25) is 4.79 Å². The zero-order valence-electron chi connectivity index (χ0n) is 11.1. The first kappa shape index (κ1) is 12.9. The molecule has 1 unspecified atom stereocenters. The van der Waals surface area contributed by atoms with Crippen molar-refractivity contribution in [2.45, 2.75) is 33.1 Å². The molecule has 0 spiro atoms. The van der Waals surface area contributed by atoms with Crippen molar-refractivity contribution in [1.29, 1.82) is 0 Å². The average Bonchev–Trinajstić information content (AvgIpc) is 2.39. The van der Waals surface area contributed by atoms with Crippen LogP contribution >= 0.6 is 0 Å². The average molecular weight is 247 g/mol. The molecule has 98 valence electrons. The highest BCUT2D eigenvalue weighted by Crippen LogP contribution is 2.22. The van der Waals surface area contributed by atoms with E-state index in [1.807, 2.05) is 25.3 Å². The Balaban J connectivity index is 2.00. The van der Waals surface area contributed by atoms with Crippen molar-refractivity contribution in [3.05, 3.63) is 18.3 Å². The van der Waals surface area contributed by atoms with Crippen molar-refractivity contribution in [2.24, 2.45) is 5.92 Å². The molecule has 18 heavy (non-hydrogen) atoms. The van der Waals surface area contributed by atoms with E-state index in [-0.39, 0.29) is 5.91 Å². The van der Waals surface area contributed by atoms with Gasteiger partial charge >= 0.3 is 0 Å². The van der Waals surface area contributed by atoms with Gasteiger partial charge in [0.2, 0.25) is 5.91 Å². The van der Waals surface area contributed by atoms with Gasteiger partial charge in [0.15, 0.2) is 0 Å². The summed E-state index contributed by atoms with van der Waals surface area (Å²) in [5.74, 6) is 1.38. The summed E-state index contributed by atoms with van der Waals surface area (Å²) in [6.07, 6.45) is 4.89. The van der Waals surface area contributed by atoms with E-state index in [4.69, 9.17) is 0 Å². The van der Waals surface area contributed by atoms with Crippen molar-refractivity contribution in [1.82, 2.24) is 4.98 Å². The van der Waals surface area contributed by atoms with Crippen molar-refractivity contribution < 1.29 is 4.79 Å². The summed E-state index contributed by atoms with van der Waals surface area (Å²) in [7, 11) is 0. The zero-order valence-corrected chi connectivity index (χ0v) is 11.1. The van der Waals surface area contributed by atoms with Crippen LogP contribution in [0, 0.1) is 5.92 Å². The molecule has 0 saturated carbocycles. The first-order valence-electron chi connectivity index (χ1n) is 6.70. The van der Waals surface area contributed by atoms with E-state index in [0.717, 1.165) is 24.7 Å². The Morgan fingerprint density at radius 3 is 3.00 bits per heavy atom. The topological polar surface area (TPSA) is 45.2 Å². The minimum atomic E-state index is 0.00171. The molecule has 1 amide bonds. The monoisotopic (exact) mass is 247 g/mol. The zero-order chi connectivity index (χ0) is 13.0. The van der Waals surface area contributed by atoms with Gasteiger partial charge in [0.1, 0.15) is 5.82 Å². The lowest BCUT2D eigenvalue weighted by molar-refractivity contribution is -0.115. The third-order valence-electron chi connectivity index (χ3n) is 3.36. The van der Waals surface area contributed by atoms with Crippen LogP contribution in [0.2, 0.25) is 0 Å². The number of anilines is 2. The van der Waals surface area contributed by atoms with Crippen LogP contribution in [0.25, 0.3) is 0 Å². The Kier molecular flexibility index (Phi) is 4.18. The van der Waals surface area contributed by atoms with Crippen molar-refractivity contribution >= 4 is 17.4 Å². The van der Waals surface area contributed by atoms with Gasteiger partial charge in [0, 0.05) is 19.5 Å². The molecule has 1 atom stereocenters. The van der Waals surface area contributed by atoms with Crippen molar-refractivity contribution in [3.8, 4) is 0 Å². The van der Waals surface area contributed by atoms with E-state index in [1.54, 1.807) is 0 Å². The molecule has 0 aliphatic carbocycles. The van der Waals surface area contributed by atoms with E-state index in [0.29, 0.717) is 12.2 Å². The maximum absolute atomic E-state index is 11.2. The van der Waals surface area contributed by atoms with Crippen LogP contribution in [-0.4, -0.2) is 24.0 Å². The molecule has 0 aromatic carbocycles. The Labute approximate surface area is 108 Å². The molecule has 2 rings (SSSR count). The first-order valence-corrected chi connectivity index (χ1v) is 6.70. The van der Waals surface area contributed by atoms with Gasteiger partial charge in [0.25, 0.3) is 0 Å². The summed E-state index contributed by atoms with van der Waals surface area (Å²) in [5.41, 5.74) is 1.15. The number of rotatable bonds is 3. The predicted molar refractivity (Wildman–Crippen MR) is 73.8 cm³/mol. The SMILES string of the molecule is CCC(=O)Nc1ccc(N2CCCC(C)C2)cn1. The fourth-order valence-electron chi connectivity index (χ4n) is 2.30. The largest absolute Gasteiger partial charge is 0.370 e. The summed E-state index contributed by atoms with van der Waals surface area (Å²) in [5, 5.41) is 2.76. The molecule has 1 aromatic rings. The summed E-state index contributed by atoms with van der Waals surface area (Å²) in [6.45, 7) is 6.32. The normalized spacial score (nSPS) is 19.7. The second-order valence-corrected chi connectivity index (χ2v) is 5.00. The Hall–Kier alpha value is -1.58. The summed E-state index contributed by atoms with van der Waals surface area (Å²) < 4.78 is 0. The number of carbonyl (C=O) groups excluding carboxylic acids is 1. The van der Waals surface area contributed by atoms with Crippen LogP contribution in [0.5, 0.6) is 0 Å². The van der Waals surface area contributed by atoms with Gasteiger partial charge in [-0.05, 0) is 30.9 Å². The summed E-state index contributed by atoms with van der Waals surface area (Å²) in [4.78, 5) is 17.9. The van der Waals surface area contributed by atoms with Crippen LogP contribution in [0.3, 0.4) is 0 Å². The highest BCUT2D eigenvalue weighted by Gasteiger charge is 2.16. The van der Waals surface area contributed by atoms with Crippen LogP contribution in [0.15, 0.2) is 18.3 Å². The lowest BCUT2D eigenvalue weighted by Crippen LogP contribution is -2.34. The van der Waals surface area contributed by atoms with Crippen molar-refractivity contribution in [2.75, 3.05) is 23.3 Å². The fourth-order valence-corrected chi connectivity index (χ4v) is 2.30. The van der Waals surface area contributed by atoms with Gasteiger partial charge in [0.05, 0.1) is 11.9 Å². The van der Waals surface area contributed by atoms with Gasteiger partial charge in [-0.1, -0.05) is 13.8 Å². The molecule has 1 aliphatic heterocycles. The number of hydrogen-bond acceptors (Lipinski definition) is 3. The Morgan fingerprint density at radius 1 is 1.56 bits per heavy atom. The lowest BCUT2D eigenvalue weighted by atomic mass is 10.00. The minimum absolute atomic E-state index is 0.00171. The molecule has 1 N–H and O–H groups in total. The second-order valence-electron chi connectivity index (χ2n) is 5.00. The summed E-state index contributed by atoms with van der Waals surface area (Å²) in [6, 6.07) is 3.92. The molecule has 0 radical (unpaired) electrons. The van der Waals surface area contributed by atoms with E-state index in [9.17, 15) is 4.79 Å². The molecule has 4 heteroatoms. The van der Waals surface area contributed by atoms with Crippen LogP contribution < -0.4 is 10.2 Å². The van der Waals surface area contributed by atoms with Crippen LogP contribution in [0.4, 0.5) is 11.5 Å². The Bertz CT molecular complexity index is 402. The fraction of sp³-hybridized carbons (Fsp3) is 0.571. The number of nitrogens with one attached hydrogen (secondary N) is 1. The highest BCUT2D eigenvalue weighted by molar-refractivity contribution is 5.89. The van der Waals surface area contributed by atoms with E-state index < -0.39 is 0 Å². The standard InChI is InChI=1S/C14H21N3O/c1-3-14(18)16-13-7-6-12(9-15-13)17-8-4-5-11(2)10-17/h6-7,9,11H,3-5,8,10H2,1-2H3,(H,15,16,18). The Morgan fingerprint density at radius 2 is 2.39 bits per heavy atom. The number of nitrogens with zero attached hydrogens (tertiary/aromatic N) is 2. The highest BCUT2D eigenvalue weighted by atomic mass is 16.1. The van der Waals surface area contributed by atoms with Crippen molar-refractivity contribution in [3.63, 3.8) is 0 Å². The maximum atomic E-state index is 11.2. The molecule has 1 saturated heterocycles. The number of hydrogen-bond donors (Lipinski definition) is 1. The van der Waals surface area contributed by atoms with E-state index >= 15 is 0 Å². The quantitative estimate of drug-likeness (QED) is 0.893.